The normalized spacial score (nSPS) is 25.2. The molecule has 1 amide bonds. The molecular weight excluding hydrogens is 294 g/mol. The number of piperidine rings is 1. The smallest absolute Gasteiger partial charge is 0.246 e. The van der Waals surface area contributed by atoms with Gasteiger partial charge in [0.15, 0.2) is 0 Å². The molecule has 0 bridgehead atoms. The number of aryl methyl sites for hydroxylation is 1. The van der Waals surface area contributed by atoms with E-state index in [1.165, 1.54) is 6.08 Å². The van der Waals surface area contributed by atoms with Gasteiger partial charge >= 0.3 is 0 Å². The van der Waals surface area contributed by atoms with E-state index in [-0.39, 0.29) is 12.5 Å². The van der Waals surface area contributed by atoms with Crippen molar-refractivity contribution >= 4 is 12.0 Å². The molecule has 1 saturated heterocycles. The van der Waals surface area contributed by atoms with Gasteiger partial charge in [0.05, 0.1) is 11.8 Å². The summed E-state index contributed by atoms with van der Waals surface area (Å²) in [7, 11) is 1.82. The first kappa shape index (κ1) is 17.7. The predicted octanol–water partition coefficient (Wildman–Crippen LogP) is 1.34. The van der Waals surface area contributed by atoms with Gasteiger partial charge in [-0.05, 0) is 18.9 Å². The maximum atomic E-state index is 12.2. The Kier molecular flexibility index (Phi) is 5.96. The summed E-state index contributed by atoms with van der Waals surface area (Å²) in [5.74, 6) is -0.150. The molecule has 2 heterocycles. The first-order chi connectivity index (χ1) is 10.9. The average Bonchev–Trinajstić information content (AvgIpc) is 2.94. The minimum absolute atomic E-state index is 0.150. The molecule has 0 saturated carbocycles. The lowest BCUT2D eigenvalue weighted by Crippen LogP contribution is -2.56. The highest BCUT2D eigenvalue weighted by Crippen LogP contribution is 2.28. The second kappa shape index (κ2) is 7.75. The number of amides is 1. The van der Waals surface area contributed by atoms with Gasteiger partial charge in [0.25, 0.3) is 0 Å². The number of carbonyl (C=O) groups is 1. The minimum Gasteiger partial charge on any atom is -0.388 e. The Morgan fingerprint density at radius 3 is 2.91 bits per heavy atom. The Morgan fingerprint density at radius 1 is 1.52 bits per heavy atom. The van der Waals surface area contributed by atoms with Crippen LogP contribution in [0.2, 0.25) is 0 Å². The lowest BCUT2D eigenvalue weighted by atomic mass is 9.84. The summed E-state index contributed by atoms with van der Waals surface area (Å²) in [5.41, 5.74) is -0.201. The maximum absolute atomic E-state index is 12.2. The maximum Gasteiger partial charge on any atom is 0.246 e. The van der Waals surface area contributed by atoms with Crippen LogP contribution >= 0.6 is 0 Å². The van der Waals surface area contributed by atoms with Gasteiger partial charge in [0.2, 0.25) is 5.91 Å². The molecule has 0 aliphatic carbocycles. The van der Waals surface area contributed by atoms with E-state index in [1.807, 2.05) is 13.2 Å². The van der Waals surface area contributed by atoms with Gasteiger partial charge in [-0.15, -0.1) is 0 Å². The van der Waals surface area contributed by atoms with Crippen molar-refractivity contribution in [2.24, 2.45) is 7.05 Å². The Morgan fingerprint density at radius 2 is 2.30 bits per heavy atom. The van der Waals surface area contributed by atoms with Crippen LogP contribution in [0.1, 0.15) is 44.6 Å². The largest absolute Gasteiger partial charge is 0.388 e. The second-order valence-electron chi connectivity index (χ2n) is 6.39. The highest BCUT2D eigenvalue weighted by molar-refractivity contribution is 5.91. The first-order valence-electron chi connectivity index (χ1n) is 8.30. The summed E-state index contributed by atoms with van der Waals surface area (Å²) < 4.78 is 1.67. The van der Waals surface area contributed by atoms with Gasteiger partial charge in [0.1, 0.15) is 6.10 Å². The topological polar surface area (TPSA) is 78.6 Å². The molecule has 1 aliphatic rings. The number of hydrogen-bond acceptors (Lipinski definition) is 4. The number of aliphatic hydroxyl groups excluding tert-OH is 1. The zero-order valence-electron chi connectivity index (χ0n) is 14.0. The lowest BCUT2D eigenvalue weighted by molar-refractivity contribution is -0.146. The molecule has 23 heavy (non-hydrogen) atoms. The molecule has 6 heteroatoms. The molecule has 6 nitrogen and oxygen atoms in total. The van der Waals surface area contributed by atoms with Crippen LogP contribution in [-0.2, 0) is 11.8 Å². The molecular formula is C17H27N3O3. The summed E-state index contributed by atoms with van der Waals surface area (Å²) in [6.45, 7) is 2.76. The van der Waals surface area contributed by atoms with Gasteiger partial charge in [-0.1, -0.05) is 26.2 Å². The van der Waals surface area contributed by atoms with E-state index in [9.17, 15) is 15.0 Å². The summed E-state index contributed by atoms with van der Waals surface area (Å²) in [4.78, 5) is 13.8. The number of hydrogen-bond donors (Lipinski definition) is 2. The van der Waals surface area contributed by atoms with Crippen LogP contribution in [0.25, 0.3) is 6.08 Å². The third-order valence-electron chi connectivity index (χ3n) is 4.50. The number of carbonyl (C=O) groups excluding carboxylic acids is 1. The van der Waals surface area contributed by atoms with E-state index in [0.717, 1.165) is 24.8 Å². The van der Waals surface area contributed by atoms with E-state index in [4.69, 9.17) is 0 Å². The molecule has 2 N–H and O–H groups in total. The van der Waals surface area contributed by atoms with Gasteiger partial charge in [-0.2, -0.15) is 5.10 Å². The van der Waals surface area contributed by atoms with E-state index < -0.39 is 11.7 Å². The minimum atomic E-state index is -1.06. The third kappa shape index (κ3) is 4.65. The Hall–Kier alpha value is -1.66. The van der Waals surface area contributed by atoms with E-state index in [0.29, 0.717) is 19.4 Å². The third-order valence-corrected chi connectivity index (χ3v) is 4.50. The predicted molar refractivity (Wildman–Crippen MR) is 88.5 cm³/mol. The summed E-state index contributed by atoms with van der Waals surface area (Å²) in [5, 5.41) is 24.9. The number of nitrogens with zero attached hydrogens (tertiary/aromatic N) is 3. The van der Waals surface area contributed by atoms with E-state index in [2.05, 4.69) is 12.0 Å². The first-order valence-corrected chi connectivity index (χ1v) is 8.30. The number of β-amino-alcohol motifs (C(OH)–C–C–N with tert-alkyl or cyclic N) is 1. The van der Waals surface area contributed by atoms with Crippen molar-refractivity contribution in [3.63, 3.8) is 0 Å². The van der Waals surface area contributed by atoms with Crippen LogP contribution in [0, 0.1) is 0 Å². The van der Waals surface area contributed by atoms with Gasteiger partial charge in [-0.25, -0.2) is 0 Å². The van der Waals surface area contributed by atoms with Crippen LogP contribution in [0.5, 0.6) is 0 Å². The van der Waals surface area contributed by atoms with Crippen molar-refractivity contribution in [3.8, 4) is 0 Å². The number of likely N-dealkylation sites (tertiary alicyclic amines) is 1. The number of rotatable bonds is 6. The molecule has 0 unspecified atom stereocenters. The summed E-state index contributed by atoms with van der Waals surface area (Å²) in [6.07, 6.45) is 9.86. The van der Waals surface area contributed by atoms with Crippen LogP contribution in [0.4, 0.5) is 0 Å². The molecule has 1 aliphatic heterocycles. The number of aliphatic hydroxyl groups is 2. The van der Waals surface area contributed by atoms with Crippen molar-refractivity contribution < 1.29 is 15.0 Å². The molecule has 0 aromatic carbocycles. The van der Waals surface area contributed by atoms with Crippen molar-refractivity contribution in [3.05, 3.63) is 24.0 Å². The van der Waals surface area contributed by atoms with Gasteiger partial charge < -0.3 is 15.1 Å². The zero-order valence-corrected chi connectivity index (χ0v) is 14.0. The molecule has 1 fully saturated rings. The molecule has 0 spiro atoms. The highest BCUT2D eigenvalue weighted by atomic mass is 16.3. The molecule has 2 rings (SSSR count). The molecule has 1 aromatic rings. The van der Waals surface area contributed by atoms with Crippen LogP contribution in [-0.4, -0.2) is 55.6 Å². The van der Waals surface area contributed by atoms with Crippen molar-refractivity contribution in [1.29, 1.82) is 0 Å². The van der Waals surface area contributed by atoms with Gasteiger partial charge in [-0.3, -0.25) is 9.48 Å². The zero-order chi connectivity index (χ0) is 16.9. The molecule has 0 radical (unpaired) electrons. The summed E-state index contributed by atoms with van der Waals surface area (Å²) in [6, 6.07) is 0. The number of aromatic nitrogens is 2. The molecule has 128 valence electrons. The summed E-state index contributed by atoms with van der Waals surface area (Å²) >= 11 is 0. The van der Waals surface area contributed by atoms with Crippen molar-refractivity contribution in [2.45, 2.75) is 50.7 Å². The SMILES string of the molecule is CCCCC[C@]1(O)CCN(C(=O)/C=C/c2cnn(C)c2)C[C@@H]1O. The quantitative estimate of drug-likeness (QED) is 0.612. The Balaban J connectivity index is 1.88. The number of unbranched alkanes of at least 4 members (excludes halogenated alkanes) is 2. The fourth-order valence-electron chi connectivity index (χ4n) is 2.94. The molecule has 1 aromatic heterocycles. The standard InChI is InChI=1S/C17H27N3O3/c1-3-4-5-8-17(23)9-10-20(13-15(17)21)16(22)7-6-14-11-18-19(2)12-14/h6-7,11-12,15,21,23H,3-5,8-10,13H2,1-2H3/b7-6+/t15-,17-/m0/s1. The van der Waals surface area contributed by atoms with Crippen molar-refractivity contribution in [1.82, 2.24) is 14.7 Å². The van der Waals surface area contributed by atoms with E-state index in [1.54, 1.807) is 21.9 Å². The van der Waals surface area contributed by atoms with Crippen LogP contribution < -0.4 is 0 Å². The Labute approximate surface area is 137 Å². The Bertz CT molecular complexity index is 555. The monoisotopic (exact) mass is 321 g/mol. The molecule has 2 atom stereocenters. The van der Waals surface area contributed by atoms with E-state index >= 15 is 0 Å². The second-order valence-corrected chi connectivity index (χ2v) is 6.39. The lowest BCUT2D eigenvalue weighted by Gasteiger charge is -2.42. The highest BCUT2D eigenvalue weighted by Gasteiger charge is 2.40. The fourth-order valence-corrected chi connectivity index (χ4v) is 2.94. The van der Waals surface area contributed by atoms with Crippen LogP contribution in [0.15, 0.2) is 18.5 Å². The fraction of sp³-hybridized carbons (Fsp3) is 0.647. The van der Waals surface area contributed by atoms with Crippen LogP contribution in [0.3, 0.4) is 0 Å². The van der Waals surface area contributed by atoms with Crippen molar-refractivity contribution in [2.75, 3.05) is 13.1 Å². The van der Waals surface area contributed by atoms with Gasteiger partial charge in [0, 0.05) is 38.0 Å². The average molecular weight is 321 g/mol.